The van der Waals surface area contributed by atoms with Crippen LogP contribution in [0, 0.1) is 5.41 Å². The summed E-state index contributed by atoms with van der Waals surface area (Å²) in [6, 6.07) is 7.73. The van der Waals surface area contributed by atoms with E-state index in [4.69, 9.17) is 11.6 Å². The maximum absolute atomic E-state index is 9.30. The van der Waals surface area contributed by atoms with Gasteiger partial charge in [-0.25, -0.2) is 0 Å². The first-order valence-electron chi connectivity index (χ1n) is 6.82. The summed E-state index contributed by atoms with van der Waals surface area (Å²) < 4.78 is 0. The van der Waals surface area contributed by atoms with E-state index in [1.807, 2.05) is 30.5 Å². The Labute approximate surface area is 123 Å². The van der Waals surface area contributed by atoms with Crippen molar-refractivity contribution in [3.63, 3.8) is 0 Å². The molecule has 0 radical (unpaired) electrons. The minimum absolute atomic E-state index is 0.125. The van der Waals surface area contributed by atoms with Crippen molar-refractivity contribution >= 4 is 11.6 Å². The maximum Gasteiger partial charge on any atom is 0.0695 e. The van der Waals surface area contributed by atoms with E-state index in [0.29, 0.717) is 5.02 Å². The van der Waals surface area contributed by atoms with Gasteiger partial charge in [0.25, 0.3) is 0 Å². The third kappa shape index (κ3) is 2.87. The average Bonchev–Trinajstić information content (AvgIpc) is 3.08. The van der Waals surface area contributed by atoms with E-state index >= 15 is 0 Å². The summed E-state index contributed by atoms with van der Waals surface area (Å²) in [7, 11) is 0. The van der Waals surface area contributed by atoms with Gasteiger partial charge in [-0.1, -0.05) is 23.7 Å². The molecule has 2 aromatic rings. The molecular weight excluding hydrogens is 274 g/mol. The first-order chi connectivity index (χ1) is 9.72. The number of nitrogens with zero attached hydrogens (tertiary/aromatic N) is 1. The molecule has 1 fully saturated rings. The number of halogens is 1. The number of hydrogen-bond donors (Lipinski definition) is 3. The van der Waals surface area contributed by atoms with Crippen molar-refractivity contribution in [1.82, 2.24) is 15.5 Å². The summed E-state index contributed by atoms with van der Waals surface area (Å²) in [5, 5.41) is 20.6. The van der Waals surface area contributed by atoms with E-state index < -0.39 is 0 Å². The Kier molecular flexibility index (Phi) is 3.78. The molecule has 1 aromatic heterocycles. The zero-order valence-electron chi connectivity index (χ0n) is 11.2. The Bertz CT molecular complexity index is 592. The van der Waals surface area contributed by atoms with Gasteiger partial charge in [0.1, 0.15) is 0 Å². The number of aliphatic hydroxyl groups is 1. The highest BCUT2D eigenvalue weighted by Gasteiger charge is 2.41. The van der Waals surface area contributed by atoms with E-state index in [1.54, 1.807) is 0 Å². The van der Waals surface area contributed by atoms with Crippen LogP contribution in [0.5, 0.6) is 0 Å². The van der Waals surface area contributed by atoms with Gasteiger partial charge < -0.3 is 10.4 Å². The molecule has 1 saturated carbocycles. The third-order valence-corrected chi connectivity index (χ3v) is 4.17. The summed E-state index contributed by atoms with van der Waals surface area (Å²) in [5.41, 5.74) is 3.27. The molecule has 1 heterocycles. The standard InChI is InChI=1S/C15H18ClN3O/c16-13-3-1-2-11(6-13)14-12(8-18-19-14)7-17-9-15(10-20)4-5-15/h1-3,6,8,17,20H,4-5,7,9-10H2,(H,18,19). The Morgan fingerprint density at radius 2 is 2.25 bits per heavy atom. The van der Waals surface area contributed by atoms with Gasteiger partial charge in [0.15, 0.2) is 0 Å². The van der Waals surface area contributed by atoms with E-state index in [9.17, 15) is 5.11 Å². The molecular formula is C15H18ClN3O. The van der Waals surface area contributed by atoms with Crippen LogP contribution < -0.4 is 5.32 Å². The number of aromatic nitrogens is 2. The Hall–Kier alpha value is -1.36. The number of H-pyrrole nitrogens is 1. The van der Waals surface area contributed by atoms with Crippen molar-refractivity contribution in [2.45, 2.75) is 19.4 Å². The molecule has 0 bridgehead atoms. The third-order valence-electron chi connectivity index (χ3n) is 3.94. The number of aromatic amines is 1. The summed E-state index contributed by atoms with van der Waals surface area (Å²) in [6.07, 6.45) is 4.06. The average molecular weight is 292 g/mol. The smallest absolute Gasteiger partial charge is 0.0695 e. The van der Waals surface area contributed by atoms with Gasteiger partial charge in [-0.05, 0) is 25.0 Å². The molecule has 1 aromatic carbocycles. The minimum Gasteiger partial charge on any atom is -0.396 e. The van der Waals surface area contributed by atoms with Crippen molar-refractivity contribution in [1.29, 1.82) is 0 Å². The van der Waals surface area contributed by atoms with Crippen molar-refractivity contribution < 1.29 is 5.11 Å². The lowest BCUT2D eigenvalue weighted by atomic mass is 10.1. The predicted octanol–water partition coefficient (Wildman–Crippen LogP) is 2.59. The van der Waals surface area contributed by atoms with Crippen LogP contribution in [0.4, 0.5) is 0 Å². The second-order valence-corrected chi connectivity index (χ2v) is 5.98. The maximum atomic E-state index is 9.30. The topological polar surface area (TPSA) is 60.9 Å². The van der Waals surface area contributed by atoms with E-state index in [2.05, 4.69) is 15.5 Å². The van der Waals surface area contributed by atoms with Crippen molar-refractivity contribution in [3.05, 3.63) is 41.0 Å². The van der Waals surface area contributed by atoms with Crippen molar-refractivity contribution in [2.24, 2.45) is 5.41 Å². The largest absolute Gasteiger partial charge is 0.396 e. The second-order valence-electron chi connectivity index (χ2n) is 5.54. The Morgan fingerprint density at radius 3 is 2.95 bits per heavy atom. The van der Waals surface area contributed by atoms with Gasteiger partial charge in [-0.2, -0.15) is 5.10 Å². The molecule has 3 N–H and O–H groups in total. The first-order valence-corrected chi connectivity index (χ1v) is 7.20. The van der Waals surface area contributed by atoms with Crippen LogP contribution in [0.3, 0.4) is 0 Å². The Morgan fingerprint density at radius 1 is 1.40 bits per heavy atom. The highest BCUT2D eigenvalue weighted by atomic mass is 35.5. The fraction of sp³-hybridized carbons (Fsp3) is 0.400. The highest BCUT2D eigenvalue weighted by Crippen LogP contribution is 2.44. The SMILES string of the molecule is OCC1(CNCc2cn[nH]c2-c2cccc(Cl)c2)CC1. The van der Waals surface area contributed by atoms with Crippen molar-refractivity contribution in [2.75, 3.05) is 13.2 Å². The summed E-state index contributed by atoms with van der Waals surface area (Å²) >= 11 is 6.03. The molecule has 4 nitrogen and oxygen atoms in total. The van der Waals surface area contributed by atoms with Gasteiger partial charge in [0.05, 0.1) is 11.9 Å². The van der Waals surface area contributed by atoms with Crippen LogP contribution in [0.15, 0.2) is 30.5 Å². The fourth-order valence-electron chi connectivity index (χ4n) is 2.37. The van der Waals surface area contributed by atoms with E-state index in [1.165, 1.54) is 0 Å². The lowest BCUT2D eigenvalue weighted by molar-refractivity contribution is 0.207. The fourth-order valence-corrected chi connectivity index (χ4v) is 2.56. The highest BCUT2D eigenvalue weighted by molar-refractivity contribution is 6.30. The predicted molar refractivity (Wildman–Crippen MR) is 79.5 cm³/mol. The molecule has 20 heavy (non-hydrogen) atoms. The molecule has 0 unspecified atom stereocenters. The summed E-state index contributed by atoms with van der Waals surface area (Å²) in [5.74, 6) is 0. The van der Waals surface area contributed by atoms with Gasteiger partial charge >= 0.3 is 0 Å². The molecule has 1 aliphatic carbocycles. The molecule has 0 atom stereocenters. The van der Waals surface area contributed by atoms with Crippen LogP contribution in [0.1, 0.15) is 18.4 Å². The summed E-state index contributed by atoms with van der Waals surface area (Å²) in [6.45, 7) is 1.86. The van der Waals surface area contributed by atoms with Crippen LogP contribution >= 0.6 is 11.6 Å². The summed E-state index contributed by atoms with van der Waals surface area (Å²) in [4.78, 5) is 0. The van der Waals surface area contributed by atoms with Crippen LogP contribution in [0.2, 0.25) is 5.02 Å². The number of hydrogen-bond acceptors (Lipinski definition) is 3. The molecule has 0 saturated heterocycles. The quantitative estimate of drug-likeness (QED) is 0.767. The lowest BCUT2D eigenvalue weighted by Gasteiger charge is -2.12. The van der Waals surface area contributed by atoms with Crippen LogP contribution in [-0.2, 0) is 6.54 Å². The zero-order valence-corrected chi connectivity index (χ0v) is 12.0. The van der Waals surface area contributed by atoms with Crippen molar-refractivity contribution in [3.8, 4) is 11.3 Å². The molecule has 5 heteroatoms. The zero-order chi connectivity index (χ0) is 14.0. The molecule has 0 spiro atoms. The van der Waals surface area contributed by atoms with Crippen LogP contribution in [0.25, 0.3) is 11.3 Å². The van der Waals surface area contributed by atoms with Crippen LogP contribution in [-0.4, -0.2) is 28.5 Å². The number of nitrogens with one attached hydrogen (secondary N) is 2. The molecule has 3 rings (SSSR count). The van der Waals surface area contributed by atoms with Gasteiger partial charge in [0.2, 0.25) is 0 Å². The number of rotatable bonds is 6. The minimum atomic E-state index is 0.125. The molecule has 1 aliphatic rings. The molecule has 0 amide bonds. The van der Waals surface area contributed by atoms with Gasteiger partial charge in [-0.15, -0.1) is 0 Å². The van der Waals surface area contributed by atoms with Gasteiger partial charge in [-0.3, -0.25) is 5.10 Å². The molecule has 0 aliphatic heterocycles. The second kappa shape index (κ2) is 5.56. The monoisotopic (exact) mass is 291 g/mol. The Balaban J connectivity index is 1.67. The molecule has 106 valence electrons. The van der Waals surface area contributed by atoms with E-state index in [0.717, 1.165) is 42.8 Å². The number of benzene rings is 1. The first kappa shape index (κ1) is 13.6. The normalized spacial score (nSPS) is 16.3. The van der Waals surface area contributed by atoms with Gasteiger partial charge in [0, 0.05) is 41.3 Å². The van der Waals surface area contributed by atoms with E-state index in [-0.39, 0.29) is 12.0 Å². The number of aliphatic hydroxyl groups excluding tert-OH is 1. The lowest BCUT2D eigenvalue weighted by Crippen LogP contribution is -2.26.